The zero-order valence-corrected chi connectivity index (χ0v) is 20.8. The molecule has 0 saturated carbocycles. The summed E-state index contributed by atoms with van der Waals surface area (Å²) in [6.07, 6.45) is 5.19. The molecular weight excluding hydrogens is 489 g/mol. The average Bonchev–Trinajstić information content (AvgIpc) is 3.38. The van der Waals surface area contributed by atoms with Crippen LogP contribution in [0.2, 0.25) is 5.02 Å². The van der Waals surface area contributed by atoms with Gasteiger partial charge in [-0.25, -0.2) is 9.18 Å². The first-order valence-corrected chi connectivity index (χ1v) is 13.2. The lowest BCUT2D eigenvalue weighted by Gasteiger charge is -2.51. The minimum absolute atomic E-state index is 0.141. The highest BCUT2D eigenvalue weighted by Crippen LogP contribution is 2.38. The summed E-state index contributed by atoms with van der Waals surface area (Å²) in [5.41, 5.74) is 0.692. The van der Waals surface area contributed by atoms with Gasteiger partial charge in [0, 0.05) is 29.7 Å². The van der Waals surface area contributed by atoms with Crippen molar-refractivity contribution in [3.05, 3.63) is 81.3 Å². The van der Waals surface area contributed by atoms with Crippen LogP contribution in [-0.4, -0.2) is 48.7 Å². The van der Waals surface area contributed by atoms with E-state index in [4.69, 9.17) is 21.1 Å². The summed E-state index contributed by atoms with van der Waals surface area (Å²) < 4.78 is 26.3. The molecule has 3 aliphatic heterocycles. The molecule has 3 atom stereocenters. The minimum Gasteiger partial charge on any atom is -0.425 e. The van der Waals surface area contributed by atoms with Crippen LogP contribution < -0.4 is 0 Å². The number of piperidine rings is 3. The summed E-state index contributed by atoms with van der Waals surface area (Å²) in [7, 11) is 0. The van der Waals surface area contributed by atoms with Crippen LogP contribution in [0.15, 0.2) is 65.8 Å². The lowest BCUT2D eigenvalue weighted by Crippen LogP contribution is -2.65. The lowest BCUT2D eigenvalue weighted by molar-refractivity contribution is -0.938. The second kappa shape index (κ2) is 10.2. The smallest absolute Gasteiger partial charge is 0.425 e. The van der Waals surface area contributed by atoms with Crippen LogP contribution in [0.5, 0.6) is 0 Å². The number of halogens is 2. The number of rotatable bonds is 7. The highest BCUT2D eigenvalue weighted by Gasteiger charge is 2.49. The number of ether oxygens (including phenoxy) is 2. The minimum atomic E-state index is -0.764. The fourth-order valence-corrected chi connectivity index (χ4v) is 6.47. The summed E-state index contributed by atoms with van der Waals surface area (Å²) in [6, 6.07) is 10.8. The third-order valence-corrected chi connectivity index (χ3v) is 8.56. The van der Waals surface area contributed by atoms with Crippen LogP contribution in [0.1, 0.15) is 40.6 Å². The normalized spacial score (nSPS) is 28.3. The Morgan fingerprint density at radius 1 is 1.20 bits per heavy atom. The Morgan fingerprint density at radius 3 is 2.74 bits per heavy atom. The van der Waals surface area contributed by atoms with E-state index in [9.17, 15) is 14.0 Å². The van der Waals surface area contributed by atoms with Gasteiger partial charge in [-0.3, -0.25) is 4.79 Å². The molecule has 8 heteroatoms. The van der Waals surface area contributed by atoms with Crippen molar-refractivity contribution in [2.24, 2.45) is 11.8 Å². The molecule has 184 valence electrons. The summed E-state index contributed by atoms with van der Waals surface area (Å²) in [5, 5.41) is 2.43. The number of quaternary nitrogens is 1. The maximum absolute atomic E-state index is 14.0. The van der Waals surface area contributed by atoms with Crippen LogP contribution in [0.25, 0.3) is 0 Å². The van der Waals surface area contributed by atoms with Gasteiger partial charge in [0.1, 0.15) is 25.0 Å². The predicted molar refractivity (Wildman–Crippen MR) is 133 cm³/mol. The van der Waals surface area contributed by atoms with E-state index < -0.39 is 12.3 Å². The van der Waals surface area contributed by atoms with Crippen molar-refractivity contribution in [1.29, 1.82) is 0 Å². The highest BCUT2D eigenvalue weighted by atomic mass is 35.5. The maximum atomic E-state index is 14.0. The summed E-state index contributed by atoms with van der Waals surface area (Å²) in [4.78, 5) is 26.6. The molecule has 4 aliphatic rings. The van der Waals surface area contributed by atoms with Gasteiger partial charge in [-0.05, 0) is 47.7 Å². The quantitative estimate of drug-likeness (QED) is 0.239. The van der Waals surface area contributed by atoms with Crippen molar-refractivity contribution in [2.75, 3.05) is 26.2 Å². The van der Waals surface area contributed by atoms with E-state index in [1.54, 1.807) is 24.3 Å². The van der Waals surface area contributed by atoms with Gasteiger partial charge in [-0.2, -0.15) is 0 Å². The molecule has 2 unspecified atom stereocenters. The van der Waals surface area contributed by atoms with Crippen molar-refractivity contribution in [2.45, 2.75) is 31.5 Å². The largest absolute Gasteiger partial charge is 0.509 e. The second-order valence-electron chi connectivity index (χ2n) is 9.72. The molecule has 1 aromatic heterocycles. The Kier molecular flexibility index (Phi) is 7.09. The molecule has 3 saturated heterocycles. The molecular formula is C27H28ClFNO4S+. The van der Waals surface area contributed by atoms with Gasteiger partial charge in [0.2, 0.25) is 5.78 Å². The molecule has 35 heavy (non-hydrogen) atoms. The number of Topliss-reactive ketones (excluding diaryl/α,β-unsaturated/α-hetero) is 1. The average molecular weight is 517 g/mol. The third-order valence-electron chi connectivity index (χ3n) is 7.41. The van der Waals surface area contributed by atoms with Crippen molar-refractivity contribution in [3.63, 3.8) is 0 Å². The van der Waals surface area contributed by atoms with Crippen molar-refractivity contribution in [1.82, 2.24) is 0 Å². The molecule has 1 aliphatic carbocycles. The number of nitrogens with zero attached hydrogens (tertiary/aromatic N) is 1. The first-order valence-electron chi connectivity index (χ1n) is 12.0. The van der Waals surface area contributed by atoms with Crippen LogP contribution in [0, 0.1) is 11.8 Å². The molecule has 6 rings (SSSR count). The van der Waals surface area contributed by atoms with Gasteiger partial charge in [0.15, 0.2) is 6.10 Å². The van der Waals surface area contributed by atoms with E-state index in [1.165, 1.54) is 23.5 Å². The van der Waals surface area contributed by atoms with Crippen LogP contribution in [0.4, 0.5) is 9.18 Å². The summed E-state index contributed by atoms with van der Waals surface area (Å²) >= 11 is 7.64. The molecule has 0 spiro atoms. The summed E-state index contributed by atoms with van der Waals surface area (Å²) in [5.74, 6) is -0.315. The predicted octanol–water partition coefficient (Wildman–Crippen LogP) is 6.52. The van der Waals surface area contributed by atoms with Gasteiger partial charge >= 0.3 is 6.16 Å². The number of thiophene rings is 1. The first kappa shape index (κ1) is 24.2. The van der Waals surface area contributed by atoms with E-state index in [0.29, 0.717) is 34.6 Å². The number of hydrogen-bond acceptors (Lipinski definition) is 5. The molecule has 2 aromatic rings. The molecule has 3 fully saturated rings. The van der Waals surface area contributed by atoms with E-state index in [2.05, 4.69) is 0 Å². The van der Waals surface area contributed by atoms with Crippen molar-refractivity contribution < 1.29 is 27.9 Å². The van der Waals surface area contributed by atoms with Crippen LogP contribution >= 0.6 is 22.9 Å². The van der Waals surface area contributed by atoms with E-state index in [0.717, 1.165) is 30.8 Å². The third kappa shape index (κ3) is 5.52. The second-order valence-corrected chi connectivity index (χ2v) is 11.1. The van der Waals surface area contributed by atoms with Crippen LogP contribution in [-0.2, 0) is 9.47 Å². The van der Waals surface area contributed by atoms with E-state index in [1.807, 2.05) is 23.6 Å². The topological polar surface area (TPSA) is 52.6 Å². The maximum Gasteiger partial charge on any atom is 0.509 e. The fourth-order valence-electron chi connectivity index (χ4n) is 5.61. The number of carbonyl (C=O) groups excluding carboxylic acids is 2. The zero-order valence-electron chi connectivity index (χ0n) is 19.3. The van der Waals surface area contributed by atoms with Crippen molar-refractivity contribution >= 4 is 34.9 Å². The monoisotopic (exact) mass is 516 g/mol. The van der Waals surface area contributed by atoms with Crippen LogP contribution in [0.3, 0.4) is 0 Å². The first-order chi connectivity index (χ1) is 16.9. The Bertz CT molecular complexity index is 1140. The summed E-state index contributed by atoms with van der Waals surface area (Å²) in [6.45, 7) is 2.87. The van der Waals surface area contributed by atoms with Gasteiger partial charge in [0.25, 0.3) is 0 Å². The number of fused-ring (bicyclic) bond motifs is 3. The van der Waals surface area contributed by atoms with Gasteiger partial charge in [-0.15, -0.1) is 11.3 Å². The molecule has 0 radical (unpaired) electrons. The highest BCUT2D eigenvalue weighted by molar-refractivity contribution is 7.12. The van der Waals surface area contributed by atoms with Gasteiger partial charge in [0.05, 0.1) is 18.0 Å². The number of hydrogen-bond donors (Lipinski definition) is 0. The Balaban J connectivity index is 1.28. The molecule has 0 amide bonds. The van der Waals surface area contributed by atoms with E-state index in [-0.39, 0.29) is 29.5 Å². The standard InChI is InChI=1S/C27H28ClFNO4S/c28-21-6-1-4-19(14-21)26(20-5-2-7-22(29)15-20)34-27(32)33-24-17-30(11-9-18(24)10-12-30)16-23(31)25-8-3-13-35-25/h1-4,6-8,13-15,18,20,24,26H,5,9-12,16-17H2/q+1/t18?,20?,24-,26?,30?/m0/s1. The zero-order chi connectivity index (χ0) is 24.4. The number of benzene rings is 1. The fraction of sp³-hybridized carbons (Fsp3) is 0.407. The molecule has 2 bridgehead atoms. The van der Waals surface area contributed by atoms with Gasteiger partial charge in [-0.1, -0.05) is 35.9 Å². The van der Waals surface area contributed by atoms with Crippen molar-refractivity contribution in [3.8, 4) is 0 Å². The Hall–Kier alpha value is -2.48. The van der Waals surface area contributed by atoms with Gasteiger partial charge < -0.3 is 14.0 Å². The Morgan fingerprint density at radius 2 is 2.03 bits per heavy atom. The molecule has 0 N–H and O–H groups in total. The number of allylic oxidation sites excluding steroid dienone is 3. The molecule has 4 heterocycles. The molecule has 5 nitrogen and oxygen atoms in total. The number of ketones is 1. The van der Waals surface area contributed by atoms with E-state index >= 15 is 0 Å². The molecule has 1 aromatic carbocycles. The lowest BCUT2D eigenvalue weighted by atomic mass is 9.83. The number of carbonyl (C=O) groups is 2. The Labute approximate surface area is 213 Å². The SMILES string of the molecule is O=C(OC(c1cccc(Cl)c1)C1C=C(F)C=CC1)O[C@H]1C[N+]2(CC(=O)c3cccs3)CCC1CC2.